The van der Waals surface area contributed by atoms with Crippen LogP contribution in [0.15, 0.2) is 0 Å². The number of ketones is 2. The summed E-state index contributed by atoms with van der Waals surface area (Å²) in [5.41, 5.74) is -2.05. The Labute approximate surface area is 93.6 Å². The van der Waals surface area contributed by atoms with Gasteiger partial charge >= 0.3 is 0 Å². The zero-order chi connectivity index (χ0) is 11.6. The van der Waals surface area contributed by atoms with Crippen molar-refractivity contribution in [2.45, 2.75) is 49.7 Å². The summed E-state index contributed by atoms with van der Waals surface area (Å²) in [5, 5.41) is 20.9. The molecule has 4 atom stereocenters. The van der Waals surface area contributed by atoms with Crippen molar-refractivity contribution in [3.8, 4) is 0 Å². The molecule has 0 aromatic heterocycles. The molecule has 0 spiro atoms. The van der Waals surface area contributed by atoms with Gasteiger partial charge in [-0.15, -0.1) is 0 Å². The van der Waals surface area contributed by atoms with Gasteiger partial charge in [0.25, 0.3) is 0 Å². The van der Waals surface area contributed by atoms with Gasteiger partial charge in [0.05, 0.1) is 23.0 Å². The molecule has 0 unspecified atom stereocenters. The average Bonchev–Trinajstić information content (AvgIpc) is 2.25. The quantitative estimate of drug-likeness (QED) is 0.616. The molecular formula is C12H16O4. The molecule has 0 aromatic carbocycles. The van der Waals surface area contributed by atoms with Crippen LogP contribution in [0.3, 0.4) is 0 Å². The minimum Gasteiger partial charge on any atom is -0.389 e. The van der Waals surface area contributed by atoms with E-state index in [1.54, 1.807) is 0 Å². The van der Waals surface area contributed by atoms with Gasteiger partial charge in [-0.1, -0.05) is 0 Å². The zero-order valence-corrected chi connectivity index (χ0v) is 9.11. The van der Waals surface area contributed by atoms with Gasteiger partial charge in [-0.2, -0.15) is 0 Å². The third-order valence-electron chi connectivity index (χ3n) is 4.78. The van der Waals surface area contributed by atoms with Crippen LogP contribution in [0.5, 0.6) is 0 Å². The molecule has 0 radical (unpaired) electrons. The highest BCUT2D eigenvalue weighted by Gasteiger charge is 2.64. The van der Waals surface area contributed by atoms with Crippen LogP contribution in [0.25, 0.3) is 0 Å². The summed E-state index contributed by atoms with van der Waals surface area (Å²) in [6, 6.07) is 0. The Morgan fingerprint density at radius 2 is 1.19 bits per heavy atom. The van der Waals surface area contributed by atoms with Crippen molar-refractivity contribution in [1.29, 1.82) is 0 Å². The van der Waals surface area contributed by atoms with E-state index in [2.05, 4.69) is 0 Å². The van der Waals surface area contributed by atoms with Crippen LogP contribution in [0, 0.1) is 11.8 Å². The maximum Gasteiger partial charge on any atom is 0.139 e. The highest BCUT2D eigenvalue weighted by molar-refractivity contribution is 5.94. The van der Waals surface area contributed by atoms with Crippen molar-refractivity contribution < 1.29 is 19.8 Å². The van der Waals surface area contributed by atoms with Crippen molar-refractivity contribution in [2.75, 3.05) is 0 Å². The highest BCUT2D eigenvalue weighted by atomic mass is 16.3. The van der Waals surface area contributed by atoms with Gasteiger partial charge in [0, 0.05) is 12.8 Å². The van der Waals surface area contributed by atoms with E-state index in [1.807, 2.05) is 0 Å². The Morgan fingerprint density at radius 1 is 0.812 bits per heavy atom. The SMILES string of the molecule is O=C1CC[C@@]2(O)CC[C@@]3(O)CCC(=O)[C@H]2[C@@H]13. The summed E-state index contributed by atoms with van der Waals surface area (Å²) < 4.78 is 0. The molecular weight excluding hydrogens is 208 g/mol. The fourth-order valence-electron chi connectivity index (χ4n) is 3.89. The molecule has 0 heterocycles. The number of aliphatic hydroxyl groups is 2. The van der Waals surface area contributed by atoms with Gasteiger partial charge in [-0.25, -0.2) is 0 Å². The van der Waals surface area contributed by atoms with E-state index in [9.17, 15) is 19.8 Å². The van der Waals surface area contributed by atoms with Crippen molar-refractivity contribution in [1.82, 2.24) is 0 Å². The molecule has 3 aliphatic carbocycles. The summed E-state index contributed by atoms with van der Waals surface area (Å²) in [6.45, 7) is 0. The Hall–Kier alpha value is -0.740. The van der Waals surface area contributed by atoms with Gasteiger partial charge in [0.15, 0.2) is 0 Å². The maximum absolute atomic E-state index is 11.9. The van der Waals surface area contributed by atoms with E-state index < -0.39 is 23.0 Å². The lowest BCUT2D eigenvalue weighted by molar-refractivity contribution is -0.204. The van der Waals surface area contributed by atoms with E-state index in [0.29, 0.717) is 38.5 Å². The van der Waals surface area contributed by atoms with Crippen LogP contribution in [-0.4, -0.2) is 33.0 Å². The summed E-state index contributed by atoms with van der Waals surface area (Å²) in [4.78, 5) is 23.8. The third kappa shape index (κ3) is 1.12. The van der Waals surface area contributed by atoms with Crippen LogP contribution in [-0.2, 0) is 9.59 Å². The van der Waals surface area contributed by atoms with Crippen LogP contribution in [0.2, 0.25) is 0 Å². The smallest absolute Gasteiger partial charge is 0.139 e. The number of rotatable bonds is 0. The van der Waals surface area contributed by atoms with Crippen LogP contribution >= 0.6 is 0 Å². The fourth-order valence-corrected chi connectivity index (χ4v) is 3.89. The molecule has 4 heteroatoms. The normalized spacial score (nSPS) is 51.6. The van der Waals surface area contributed by atoms with Gasteiger partial charge in [-0.3, -0.25) is 9.59 Å². The van der Waals surface area contributed by atoms with Gasteiger partial charge in [-0.05, 0) is 25.7 Å². The Kier molecular flexibility index (Phi) is 1.91. The van der Waals surface area contributed by atoms with E-state index >= 15 is 0 Å². The van der Waals surface area contributed by atoms with Crippen molar-refractivity contribution in [3.05, 3.63) is 0 Å². The van der Waals surface area contributed by atoms with Gasteiger partial charge in [0.1, 0.15) is 11.6 Å². The summed E-state index contributed by atoms with van der Waals surface area (Å²) >= 11 is 0. The molecule has 0 amide bonds. The second-order valence-electron chi connectivity index (χ2n) is 5.60. The first kappa shape index (κ1) is 10.4. The van der Waals surface area contributed by atoms with Crippen molar-refractivity contribution in [3.63, 3.8) is 0 Å². The molecule has 3 aliphatic rings. The molecule has 4 nitrogen and oxygen atoms in total. The van der Waals surface area contributed by atoms with Crippen LogP contribution in [0.1, 0.15) is 38.5 Å². The lowest BCUT2D eigenvalue weighted by Gasteiger charge is -2.56. The van der Waals surface area contributed by atoms with Gasteiger partial charge in [0.2, 0.25) is 0 Å². The van der Waals surface area contributed by atoms with E-state index in [-0.39, 0.29) is 11.6 Å². The van der Waals surface area contributed by atoms with Crippen LogP contribution in [0.4, 0.5) is 0 Å². The van der Waals surface area contributed by atoms with Gasteiger partial charge < -0.3 is 10.2 Å². The molecule has 3 fully saturated rings. The summed E-state index contributed by atoms with van der Waals surface area (Å²) in [6.07, 6.45) is 2.26. The predicted octanol–water partition coefficient (Wildman–Crippen LogP) is 0.201. The topological polar surface area (TPSA) is 74.6 Å². The lowest BCUT2D eigenvalue weighted by atomic mass is 9.50. The Bertz CT molecular complexity index is 341. The second kappa shape index (κ2) is 2.93. The van der Waals surface area contributed by atoms with Crippen LogP contribution < -0.4 is 0 Å². The largest absolute Gasteiger partial charge is 0.389 e. The lowest BCUT2D eigenvalue weighted by Crippen LogP contribution is -2.66. The molecule has 3 rings (SSSR count). The first-order valence-corrected chi connectivity index (χ1v) is 5.96. The molecule has 3 saturated carbocycles. The zero-order valence-electron chi connectivity index (χ0n) is 9.11. The molecule has 4 bridgehead atoms. The van der Waals surface area contributed by atoms with Crippen molar-refractivity contribution in [2.24, 2.45) is 11.8 Å². The molecule has 0 saturated heterocycles. The number of hydrogen-bond donors (Lipinski definition) is 2. The number of carbonyl (C=O) groups excluding carboxylic acids is 2. The number of hydrogen-bond acceptors (Lipinski definition) is 4. The third-order valence-corrected chi connectivity index (χ3v) is 4.78. The monoisotopic (exact) mass is 224 g/mol. The first-order chi connectivity index (χ1) is 7.46. The maximum atomic E-state index is 11.9. The minimum atomic E-state index is -1.03. The molecule has 88 valence electrons. The van der Waals surface area contributed by atoms with Crippen molar-refractivity contribution >= 4 is 11.6 Å². The fraction of sp³-hybridized carbons (Fsp3) is 0.833. The Morgan fingerprint density at radius 3 is 1.56 bits per heavy atom. The second-order valence-corrected chi connectivity index (χ2v) is 5.60. The Balaban J connectivity index is 2.11. The van der Waals surface area contributed by atoms with E-state index in [0.717, 1.165) is 0 Å². The van der Waals surface area contributed by atoms with E-state index in [1.165, 1.54) is 0 Å². The summed E-state index contributed by atoms with van der Waals surface area (Å²) in [7, 11) is 0. The highest BCUT2D eigenvalue weighted by Crippen LogP contribution is 2.54. The summed E-state index contributed by atoms with van der Waals surface area (Å²) in [5.74, 6) is -1.35. The molecule has 2 N–H and O–H groups in total. The standard InChI is InChI=1S/C12H16O4/c13-7-1-3-11(15)5-6-12(16)4-2-8(14)10(11)9(7)12/h9-10,15-16H,1-6H2/t9-,10+,11-,12+. The predicted molar refractivity (Wildman–Crippen MR) is 54.6 cm³/mol. The molecule has 0 aliphatic heterocycles. The average molecular weight is 224 g/mol. The minimum absolute atomic E-state index is 0.0371. The van der Waals surface area contributed by atoms with E-state index in [4.69, 9.17) is 0 Å². The molecule has 16 heavy (non-hydrogen) atoms. The number of carbonyl (C=O) groups is 2. The number of Topliss-reactive ketones (excluding diaryl/α,β-unsaturated/α-hetero) is 2. The first-order valence-electron chi connectivity index (χ1n) is 5.96. The molecule has 0 aromatic rings.